The first-order valence-electron chi connectivity index (χ1n) is 6.31. The molecule has 0 bridgehead atoms. The maximum atomic E-state index is 12.1. The third kappa shape index (κ3) is 2.74. The van der Waals surface area contributed by atoms with E-state index in [1.165, 1.54) is 12.8 Å². The molecular weight excluding hydrogens is 202 g/mol. The fourth-order valence-corrected chi connectivity index (χ4v) is 2.52. The Balaban J connectivity index is 1.83. The lowest BCUT2D eigenvalue weighted by Gasteiger charge is -2.38. The number of carbonyl (C=O) groups is 1. The molecule has 0 spiro atoms. The van der Waals surface area contributed by atoms with Crippen molar-refractivity contribution in [2.75, 3.05) is 26.7 Å². The zero-order valence-corrected chi connectivity index (χ0v) is 10.4. The number of rotatable bonds is 3. The number of likely N-dealkylation sites (N-methyl/N-ethyl adjacent to an activating group) is 1. The molecule has 16 heavy (non-hydrogen) atoms. The van der Waals surface area contributed by atoms with Crippen LogP contribution in [0.3, 0.4) is 0 Å². The van der Waals surface area contributed by atoms with E-state index in [0.717, 1.165) is 19.6 Å². The summed E-state index contributed by atoms with van der Waals surface area (Å²) in [6.45, 7) is 4.93. The Kier molecular flexibility index (Phi) is 3.50. The highest BCUT2D eigenvalue weighted by Gasteiger charge is 2.32. The molecule has 4 heteroatoms. The van der Waals surface area contributed by atoms with Crippen LogP contribution in [0.5, 0.6) is 0 Å². The van der Waals surface area contributed by atoms with E-state index in [1.807, 2.05) is 4.90 Å². The average Bonchev–Trinajstić information content (AvgIpc) is 2.99. The minimum Gasteiger partial charge on any atom is -0.337 e. The molecule has 2 N–H and O–H groups in total. The Morgan fingerprint density at radius 3 is 2.69 bits per heavy atom. The smallest absolute Gasteiger partial charge is 0.224 e. The maximum Gasteiger partial charge on any atom is 0.224 e. The van der Waals surface area contributed by atoms with Crippen LogP contribution >= 0.6 is 0 Å². The molecule has 1 amide bonds. The van der Waals surface area contributed by atoms with E-state index in [0.29, 0.717) is 18.4 Å². The SMILES string of the molecule is CC1CN(C)CCN1C(=O)CC(N)C1CC1. The van der Waals surface area contributed by atoms with Gasteiger partial charge in [-0.3, -0.25) is 4.79 Å². The molecule has 4 nitrogen and oxygen atoms in total. The number of carbonyl (C=O) groups excluding carboxylic acids is 1. The third-order valence-corrected chi connectivity index (χ3v) is 3.79. The second kappa shape index (κ2) is 4.72. The molecule has 1 saturated carbocycles. The number of piperazine rings is 1. The Bertz CT molecular complexity index is 265. The molecule has 2 atom stereocenters. The molecule has 0 aromatic carbocycles. The molecular formula is C12H23N3O. The molecule has 0 radical (unpaired) electrons. The van der Waals surface area contributed by atoms with E-state index in [-0.39, 0.29) is 11.9 Å². The number of nitrogens with two attached hydrogens (primary N) is 1. The van der Waals surface area contributed by atoms with Crippen molar-refractivity contribution in [2.24, 2.45) is 11.7 Å². The van der Waals surface area contributed by atoms with Crippen molar-refractivity contribution in [3.05, 3.63) is 0 Å². The molecule has 1 aliphatic carbocycles. The maximum absolute atomic E-state index is 12.1. The third-order valence-electron chi connectivity index (χ3n) is 3.79. The minimum atomic E-state index is 0.0966. The molecule has 1 saturated heterocycles. The molecule has 0 aromatic rings. The van der Waals surface area contributed by atoms with Crippen LogP contribution in [-0.2, 0) is 4.79 Å². The summed E-state index contributed by atoms with van der Waals surface area (Å²) in [5, 5.41) is 0. The van der Waals surface area contributed by atoms with E-state index < -0.39 is 0 Å². The summed E-state index contributed by atoms with van der Waals surface area (Å²) in [4.78, 5) is 16.4. The molecule has 2 fully saturated rings. The highest BCUT2D eigenvalue weighted by molar-refractivity contribution is 5.77. The molecule has 1 aliphatic heterocycles. The second-order valence-electron chi connectivity index (χ2n) is 5.40. The molecule has 2 rings (SSSR count). The highest BCUT2D eigenvalue weighted by Crippen LogP contribution is 2.33. The Morgan fingerprint density at radius 2 is 2.12 bits per heavy atom. The van der Waals surface area contributed by atoms with Gasteiger partial charge in [-0.05, 0) is 32.7 Å². The molecule has 2 unspecified atom stereocenters. The first kappa shape index (κ1) is 11.9. The van der Waals surface area contributed by atoms with E-state index in [2.05, 4.69) is 18.9 Å². The highest BCUT2D eigenvalue weighted by atomic mass is 16.2. The fraction of sp³-hybridized carbons (Fsp3) is 0.917. The van der Waals surface area contributed by atoms with Gasteiger partial charge in [0.2, 0.25) is 5.91 Å². The van der Waals surface area contributed by atoms with Gasteiger partial charge in [-0.2, -0.15) is 0 Å². The normalized spacial score (nSPS) is 29.2. The van der Waals surface area contributed by atoms with Crippen LogP contribution in [0, 0.1) is 5.92 Å². The van der Waals surface area contributed by atoms with E-state index in [4.69, 9.17) is 5.73 Å². The van der Waals surface area contributed by atoms with Gasteiger partial charge in [0.1, 0.15) is 0 Å². The zero-order valence-electron chi connectivity index (χ0n) is 10.4. The summed E-state index contributed by atoms with van der Waals surface area (Å²) >= 11 is 0. The van der Waals surface area contributed by atoms with Crippen molar-refractivity contribution in [3.63, 3.8) is 0 Å². The van der Waals surface area contributed by atoms with Crippen molar-refractivity contribution in [1.82, 2.24) is 9.80 Å². The van der Waals surface area contributed by atoms with Crippen molar-refractivity contribution >= 4 is 5.91 Å². The quantitative estimate of drug-likeness (QED) is 0.750. The van der Waals surface area contributed by atoms with Gasteiger partial charge in [0.15, 0.2) is 0 Å². The van der Waals surface area contributed by atoms with Gasteiger partial charge in [-0.1, -0.05) is 0 Å². The Morgan fingerprint density at radius 1 is 1.44 bits per heavy atom. The van der Waals surface area contributed by atoms with Crippen molar-refractivity contribution in [2.45, 2.75) is 38.3 Å². The first-order chi connectivity index (χ1) is 7.58. The predicted octanol–water partition coefficient (Wildman–Crippen LogP) is 0.276. The van der Waals surface area contributed by atoms with Crippen molar-refractivity contribution in [1.29, 1.82) is 0 Å². The largest absolute Gasteiger partial charge is 0.337 e. The summed E-state index contributed by atoms with van der Waals surface area (Å²) in [6, 6.07) is 0.428. The molecule has 1 heterocycles. The van der Waals surface area contributed by atoms with Crippen LogP contribution in [0.1, 0.15) is 26.2 Å². The van der Waals surface area contributed by atoms with Crippen LogP contribution < -0.4 is 5.73 Å². The lowest BCUT2D eigenvalue weighted by molar-refractivity contribution is -0.135. The number of amides is 1. The summed E-state index contributed by atoms with van der Waals surface area (Å²) in [7, 11) is 2.11. The van der Waals surface area contributed by atoms with Gasteiger partial charge in [0, 0.05) is 38.1 Å². The van der Waals surface area contributed by atoms with E-state index in [9.17, 15) is 4.79 Å². The lowest BCUT2D eigenvalue weighted by Crippen LogP contribution is -2.53. The van der Waals surface area contributed by atoms with Gasteiger partial charge < -0.3 is 15.5 Å². The average molecular weight is 225 g/mol. The monoisotopic (exact) mass is 225 g/mol. The van der Waals surface area contributed by atoms with Crippen LogP contribution in [0.4, 0.5) is 0 Å². The molecule has 0 aromatic heterocycles. The van der Waals surface area contributed by atoms with Crippen LogP contribution in [0.15, 0.2) is 0 Å². The topological polar surface area (TPSA) is 49.6 Å². The van der Waals surface area contributed by atoms with Crippen LogP contribution in [0.25, 0.3) is 0 Å². The Hall–Kier alpha value is -0.610. The fourth-order valence-electron chi connectivity index (χ4n) is 2.52. The molecule has 2 aliphatic rings. The van der Waals surface area contributed by atoms with Crippen LogP contribution in [-0.4, -0.2) is 54.5 Å². The van der Waals surface area contributed by atoms with Crippen LogP contribution in [0.2, 0.25) is 0 Å². The van der Waals surface area contributed by atoms with E-state index in [1.54, 1.807) is 0 Å². The van der Waals surface area contributed by atoms with E-state index >= 15 is 0 Å². The van der Waals surface area contributed by atoms with Gasteiger partial charge in [0.25, 0.3) is 0 Å². The van der Waals surface area contributed by atoms with Gasteiger partial charge in [-0.25, -0.2) is 0 Å². The summed E-state index contributed by atoms with van der Waals surface area (Å²) < 4.78 is 0. The van der Waals surface area contributed by atoms with Gasteiger partial charge in [0.05, 0.1) is 0 Å². The standard InChI is InChI=1S/C12H23N3O/c1-9-8-14(2)5-6-15(9)12(16)7-11(13)10-3-4-10/h9-11H,3-8,13H2,1-2H3. The summed E-state index contributed by atoms with van der Waals surface area (Å²) in [5.74, 6) is 0.867. The Labute approximate surface area is 97.8 Å². The van der Waals surface area contributed by atoms with Crippen molar-refractivity contribution in [3.8, 4) is 0 Å². The summed E-state index contributed by atoms with van der Waals surface area (Å²) in [5.41, 5.74) is 6.00. The number of nitrogens with zero attached hydrogens (tertiary/aromatic N) is 2. The van der Waals surface area contributed by atoms with Gasteiger partial charge >= 0.3 is 0 Å². The number of hydrogen-bond donors (Lipinski definition) is 1. The van der Waals surface area contributed by atoms with Crippen molar-refractivity contribution < 1.29 is 4.79 Å². The second-order valence-corrected chi connectivity index (χ2v) is 5.40. The number of hydrogen-bond acceptors (Lipinski definition) is 3. The summed E-state index contributed by atoms with van der Waals surface area (Å²) in [6.07, 6.45) is 2.97. The first-order valence-corrected chi connectivity index (χ1v) is 6.31. The van der Waals surface area contributed by atoms with Gasteiger partial charge in [-0.15, -0.1) is 0 Å². The minimum absolute atomic E-state index is 0.0966. The predicted molar refractivity (Wildman–Crippen MR) is 64.0 cm³/mol. The zero-order chi connectivity index (χ0) is 11.7. The molecule has 92 valence electrons. The lowest BCUT2D eigenvalue weighted by atomic mass is 10.1.